The topological polar surface area (TPSA) is 59.7 Å². The molecule has 0 aromatic carbocycles. The van der Waals surface area contributed by atoms with Crippen LogP contribution in [0.5, 0.6) is 5.75 Å². The lowest BCUT2D eigenvalue weighted by molar-refractivity contribution is 0.00456. The Morgan fingerprint density at radius 2 is 2.22 bits per heavy atom. The van der Waals surface area contributed by atoms with Crippen LogP contribution in [-0.2, 0) is 16.8 Å². The number of hydrogen-bond donors (Lipinski definition) is 1. The fourth-order valence-corrected chi connectivity index (χ4v) is 4.81. The van der Waals surface area contributed by atoms with Gasteiger partial charge in [0, 0.05) is 18.4 Å². The molecule has 2 aromatic heterocycles. The van der Waals surface area contributed by atoms with Gasteiger partial charge < -0.3 is 14.3 Å². The summed E-state index contributed by atoms with van der Waals surface area (Å²) < 4.78 is 11.9. The molecule has 4 rings (SSSR count). The van der Waals surface area contributed by atoms with Gasteiger partial charge in [-0.2, -0.15) is 11.3 Å². The zero-order chi connectivity index (χ0) is 19.0. The summed E-state index contributed by atoms with van der Waals surface area (Å²) in [6.45, 7) is 3.97. The minimum absolute atomic E-state index is 0.00812. The molecule has 1 aliphatic carbocycles. The Hall–Kier alpha value is -2.01. The minimum atomic E-state index is -0.774. The van der Waals surface area contributed by atoms with Gasteiger partial charge in [-0.15, -0.1) is 0 Å². The first-order chi connectivity index (χ1) is 13.0. The van der Waals surface area contributed by atoms with E-state index in [4.69, 9.17) is 9.15 Å². The summed E-state index contributed by atoms with van der Waals surface area (Å²) in [4.78, 5) is 13.0. The van der Waals surface area contributed by atoms with Gasteiger partial charge in [0.1, 0.15) is 22.7 Å². The third kappa shape index (κ3) is 3.70. The van der Waals surface area contributed by atoms with Crippen LogP contribution in [0.4, 0.5) is 0 Å². The second kappa shape index (κ2) is 7.19. The molecule has 2 aromatic rings. The van der Waals surface area contributed by atoms with E-state index in [0.717, 1.165) is 37.9 Å². The van der Waals surface area contributed by atoms with E-state index in [1.165, 1.54) is 5.56 Å². The molecular formula is C22H26O4S. The van der Waals surface area contributed by atoms with Crippen LogP contribution in [0.3, 0.4) is 0 Å². The monoisotopic (exact) mass is 386 g/mol. The van der Waals surface area contributed by atoms with E-state index in [1.54, 1.807) is 17.4 Å². The van der Waals surface area contributed by atoms with Crippen molar-refractivity contribution in [1.29, 1.82) is 0 Å². The molecule has 0 saturated heterocycles. The Bertz CT molecular complexity index is 892. The van der Waals surface area contributed by atoms with E-state index in [1.807, 2.05) is 18.4 Å². The van der Waals surface area contributed by atoms with Crippen LogP contribution in [0.25, 0.3) is 0 Å². The van der Waals surface area contributed by atoms with Crippen molar-refractivity contribution in [2.24, 2.45) is 5.92 Å². The van der Waals surface area contributed by atoms with Gasteiger partial charge >= 0.3 is 5.63 Å². The molecule has 4 nitrogen and oxygen atoms in total. The maximum Gasteiger partial charge on any atom is 0.347 e. The summed E-state index contributed by atoms with van der Waals surface area (Å²) in [5.74, 6) is 2.00. The molecule has 0 spiro atoms. The predicted molar refractivity (Wildman–Crippen MR) is 106 cm³/mol. The van der Waals surface area contributed by atoms with Crippen LogP contribution >= 0.6 is 11.3 Å². The Morgan fingerprint density at radius 3 is 2.78 bits per heavy atom. The van der Waals surface area contributed by atoms with E-state index in [-0.39, 0.29) is 17.2 Å². The third-order valence-electron chi connectivity index (χ3n) is 5.75. The maximum absolute atomic E-state index is 13.0. The summed E-state index contributed by atoms with van der Waals surface area (Å²) >= 11 is 1.66. The number of hydrogen-bond acceptors (Lipinski definition) is 5. The molecule has 1 saturated carbocycles. The Labute approximate surface area is 163 Å². The molecule has 3 heterocycles. The van der Waals surface area contributed by atoms with E-state index in [9.17, 15) is 9.90 Å². The van der Waals surface area contributed by atoms with Gasteiger partial charge in [0.15, 0.2) is 0 Å². The van der Waals surface area contributed by atoms with Gasteiger partial charge in [0.2, 0.25) is 0 Å². The molecule has 1 fully saturated rings. The van der Waals surface area contributed by atoms with E-state index in [2.05, 4.69) is 18.4 Å². The lowest BCUT2D eigenvalue weighted by Gasteiger charge is -2.30. The largest absolute Gasteiger partial charge is 0.507 e. The van der Waals surface area contributed by atoms with Gasteiger partial charge in [0.05, 0.1) is 5.76 Å². The number of ether oxygens (including phenoxy) is 1. The van der Waals surface area contributed by atoms with Crippen LogP contribution in [0.1, 0.15) is 68.8 Å². The average Bonchev–Trinajstić information content (AvgIpc) is 3.13. The zero-order valence-corrected chi connectivity index (χ0v) is 16.7. The number of aromatic hydroxyl groups is 1. The number of thiophene rings is 1. The highest BCUT2D eigenvalue weighted by Gasteiger charge is 2.46. The van der Waals surface area contributed by atoms with Crippen LogP contribution < -0.4 is 5.63 Å². The second-order valence-corrected chi connectivity index (χ2v) is 8.68. The van der Waals surface area contributed by atoms with Crippen molar-refractivity contribution in [3.8, 4) is 5.75 Å². The zero-order valence-electron chi connectivity index (χ0n) is 15.9. The van der Waals surface area contributed by atoms with Gasteiger partial charge in [0.25, 0.3) is 0 Å². The van der Waals surface area contributed by atoms with Crippen LogP contribution in [0, 0.1) is 5.92 Å². The maximum atomic E-state index is 13.0. The van der Waals surface area contributed by atoms with Gasteiger partial charge in [-0.25, -0.2) is 4.79 Å². The molecule has 27 heavy (non-hydrogen) atoms. The lowest BCUT2D eigenvalue weighted by atomic mass is 9.85. The second-order valence-electron chi connectivity index (χ2n) is 7.90. The molecule has 2 aliphatic rings. The molecule has 0 bridgehead atoms. The molecule has 1 N–H and O–H groups in total. The van der Waals surface area contributed by atoms with Gasteiger partial charge in [-0.3, -0.25) is 0 Å². The lowest BCUT2D eigenvalue weighted by Crippen LogP contribution is -2.32. The van der Waals surface area contributed by atoms with Crippen molar-refractivity contribution in [2.45, 2.75) is 63.9 Å². The highest BCUT2D eigenvalue weighted by atomic mass is 32.1. The van der Waals surface area contributed by atoms with Crippen molar-refractivity contribution >= 4 is 11.3 Å². The summed E-state index contributed by atoms with van der Waals surface area (Å²) in [5, 5.41) is 15.0. The fraction of sp³-hybridized carbons (Fsp3) is 0.500. The van der Waals surface area contributed by atoms with E-state index in [0.29, 0.717) is 18.1 Å². The van der Waals surface area contributed by atoms with Crippen LogP contribution in [0.2, 0.25) is 0 Å². The average molecular weight is 387 g/mol. The molecule has 0 radical (unpaired) electrons. The van der Waals surface area contributed by atoms with Gasteiger partial charge in [-0.1, -0.05) is 19.8 Å². The first-order valence-corrected chi connectivity index (χ1v) is 10.7. The number of allylic oxidation sites excluding steroid dienone is 1. The van der Waals surface area contributed by atoms with Crippen molar-refractivity contribution in [3.05, 3.63) is 62.0 Å². The summed E-state index contributed by atoms with van der Waals surface area (Å²) in [5.41, 5.74) is 0.278. The Kier molecular flexibility index (Phi) is 4.89. The highest BCUT2D eigenvalue weighted by Crippen LogP contribution is 2.49. The van der Waals surface area contributed by atoms with E-state index >= 15 is 0 Å². The summed E-state index contributed by atoms with van der Waals surface area (Å²) in [7, 11) is 0. The Balaban J connectivity index is 1.67. The molecule has 144 valence electrons. The standard InChI is InChI=1S/C22H26O4S/c1-3-17(10-16-7-9-27-13-16)19-11-18(23)20(21(24)25-19)22(12-15-4-5-15)8-6-14(2)26-22/h6-7,9,11,13,15,17,23H,3-5,8,10,12H2,1-2H3. The predicted octanol–water partition coefficient (Wildman–Crippen LogP) is 5.46. The quantitative estimate of drug-likeness (QED) is 0.686. The number of rotatable bonds is 7. The molecule has 2 atom stereocenters. The first kappa shape index (κ1) is 18.4. The van der Waals surface area contributed by atoms with Crippen molar-refractivity contribution in [2.75, 3.05) is 0 Å². The van der Waals surface area contributed by atoms with Gasteiger partial charge in [-0.05, 0) is 60.6 Å². The van der Waals surface area contributed by atoms with Crippen molar-refractivity contribution in [1.82, 2.24) is 0 Å². The highest BCUT2D eigenvalue weighted by molar-refractivity contribution is 7.07. The SMILES string of the molecule is CCC(Cc1ccsc1)c1cc(O)c(C2(CC3CC3)CC=C(C)O2)c(=O)o1. The molecule has 0 amide bonds. The van der Waals surface area contributed by atoms with Crippen LogP contribution in [0.15, 0.2) is 43.9 Å². The summed E-state index contributed by atoms with van der Waals surface area (Å²) in [6, 6.07) is 3.73. The van der Waals surface area contributed by atoms with Crippen molar-refractivity contribution in [3.63, 3.8) is 0 Å². The molecule has 1 aliphatic heterocycles. The summed E-state index contributed by atoms with van der Waals surface area (Å²) in [6.07, 6.45) is 7.32. The fourth-order valence-electron chi connectivity index (χ4n) is 4.13. The molecular weight excluding hydrogens is 360 g/mol. The smallest absolute Gasteiger partial charge is 0.347 e. The minimum Gasteiger partial charge on any atom is -0.507 e. The van der Waals surface area contributed by atoms with Crippen molar-refractivity contribution < 1.29 is 14.3 Å². The first-order valence-electron chi connectivity index (χ1n) is 9.75. The Morgan fingerprint density at radius 1 is 1.41 bits per heavy atom. The van der Waals surface area contributed by atoms with Crippen LogP contribution in [-0.4, -0.2) is 5.11 Å². The molecule has 2 unspecified atom stereocenters. The normalized spacial score (nSPS) is 23.1. The molecule has 5 heteroatoms. The van der Waals surface area contributed by atoms with E-state index < -0.39 is 11.2 Å². The third-order valence-corrected chi connectivity index (χ3v) is 6.49.